The molecular weight excluding hydrogens is 262 g/mol. The molecule has 19 heavy (non-hydrogen) atoms. The zero-order valence-electron chi connectivity index (χ0n) is 11.4. The van der Waals surface area contributed by atoms with Crippen LogP contribution in [0.1, 0.15) is 23.6 Å². The van der Waals surface area contributed by atoms with Gasteiger partial charge in [-0.25, -0.2) is 4.79 Å². The molecule has 0 fully saturated rings. The van der Waals surface area contributed by atoms with Crippen molar-refractivity contribution in [3.63, 3.8) is 0 Å². The van der Waals surface area contributed by atoms with Crippen LogP contribution in [0.3, 0.4) is 0 Å². The van der Waals surface area contributed by atoms with Gasteiger partial charge in [-0.05, 0) is 25.0 Å². The van der Waals surface area contributed by atoms with E-state index in [1.165, 1.54) is 35.4 Å². The third kappa shape index (κ3) is 5.34. The van der Waals surface area contributed by atoms with Crippen molar-refractivity contribution in [3.8, 4) is 0 Å². The van der Waals surface area contributed by atoms with Gasteiger partial charge in [-0.2, -0.15) is 11.8 Å². The maximum atomic E-state index is 11.0. The molecule has 1 amide bonds. The molecule has 0 bridgehead atoms. The first kappa shape index (κ1) is 15.6. The minimum Gasteiger partial charge on any atom is -0.480 e. The lowest BCUT2D eigenvalue weighted by Gasteiger charge is -2.13. The van der Waals surface area contributed by atoms with Crippen LogP contribution in [0.25, 0.3) is 0 Å². The van der Waals surface area contributed by atoms with E-state index in [4.69, 9.17) is 5.11 Å². The van der Waals surface area contributed by atoms with E-state index in [1.54, 1.807) is 0 Å². The highest BCUT2D eigenvalue weighted by Gasteiger charge is 2.18. The summed E-state index contributed by atoms with van der Waals surface area (Å²) in [7, 11) is 0. The van der Waals surface area contributed by atoms with Gasteiger partial charge in [0, 0.05) is 18.4 Å². The molecule has 0 saturated carbocycles. The van der Waals surface area contributed by atoms with Crippen molar-refractivity contribution in [1.29, 1.82) is 0 Å². The average molecular weight is 281 g/mol. The van der Waals surface area contributed by atoms with Crippen molar-refractivity contribution in [2.75, 3.05) is 5.75 Å². The van der Waals surface area contributed by atoms with Crippen LogP contribution in [0.5, 0.6) is 0 Å². The van der Waals surface area contributed by atoms with Gasteiger partial charge in [0.05, 0.1) is 0 Å². The molecule has 0 heterocycles. The van der Waals surface area contributed by atoms with Crippen LogP contribution in [0.2, 0.25) is 0 Å². The Bertz CT molecular complexity index is 474. The molecule has 1 atom stereocenters. The summed E-state index contributed by atoms with van der Waals surface area (Å²) in [5, 5.41) is 11.4. The Hall–Kier alpha value is -1.49. The predicted octanol–water partition coefficient (Wildman–Crippen LogP) is 2.13. The number of aryl methyl sites for hydroxylation is 2. The Balaban J connectivity index is 2.54. The monoisotopic (exact) mass is 281 g/mol. The summed E-state index contributed by atoms with van der Waals surface area (Å²) in [6.07, 6.45) is 0. The number of carbonyl (C=O) groups is 2. The molecule has 5 heteroatoms. The summed E-state index contributed by atoms with van der Waals surface area (Å²) >= 11 is 1.51. The van der Waals surface area contributed by atoms with Crippen molar-refractivity contribution < 1.29 is 14.7 Å². The van der Waals surface area contributed by atoms with Crippen molar-refractivity contribution in [3.05, 3.63) is 34.9 Å². The van der Waals surface area contributed by atoms with Crippen LogP contribution in [-0.2, 0) is 15.3 Å². The van der Waals surface area contributed by atoms with Gasteiger partial charge >= 0.3 is 5.97 Å². The highest BCUT2D eigenvalue weighted by Crippen LogP contribution is 2.18. The fourth-order valence-electron chi connectivity index (χ4n) is 1.66. The Kier molecular flexibility index (Phi) is 5.89. The van der Waals surface area contributed by atoms with Crippen molar-refractivity contribution >= 4 is 23.6 Å². The largest absolute Gasteiger partial charge is 0.480 e. The molecule has 2 N–H and O–H groups in total. The van der Waals surface area contributed by atoms with E-state index in [9.17, 15) is 9.59 Å². The summed E-state index contributed by atoms with van der Waals surface area (Å²) < 4.78 is 0. The normalized spacial score (nSPS) is 11.9. The maximum absolute atomic E-state index is 11.0. The van der Waals surface area contributed by atoms with Crippen LogP contribution >= 0.6 is 11.8 Å². The van der Waals surface area contributed by atoms with Gasteiger partial charge in [-0.1, -0.05) is 23.8 Å². The first-order chi connectivity index (χ1) is 8.90. The molecule has 0 saturated heterocycles. The van der Waals surface area contributed by atoms with Crippen LogP contribution in [-0.4, -0.2) is 28.8 Å². The zero-order chi connectivity index (χ0) is 14.4. The smallest absolute Gasteiger partial charge is 0.327 e. The topological polar surface area (TPSA) is 66.4 Å². The summed E-state index contributed by atoms with van der Waals surface area (Å²) in [5.74, 6) is -0.206. The number of carboxylic acid groups (broad SMARTS) is 1. The van der Waals surface area contributed by atoms with Gasteiger partial charge in [-0.15, -0.1) is 0 Å². The molecule has 1 unspecified atom stereocenters. The number of thioether (sulfide) groups is 1. The Labute approximate surface area is 117 Å². The number of carboxylic acids is 1. The molecule has 1 aromatic rings. The molecule has 1 rings (SSSR count). The lowest BCUT2D eigenvalue weighted by atomic mass is 10.1. The number of amides is 1. The van der Waals surface area contributed by atoms with Crippen molar-refractivity contribution in [2.24, 2.45) is 0 Å². The Morgan fingerprint density at radius 3 is 2.63 bits per heavy atom. The second-order valence-corrected chi connectivity index (χ2v) is 5.57. The number of nitrogens with one attached hydrogen (secondary N) is 1. The highest BCUT2D eigenvalue weighted by atomic mass is 32.2. The van der Waals surface area contributed by atoms with E-state index >= 15 is 0 Å². The lowest BCUT2D eigenvalue weighted by molar-refractivity contribution is -0.140. The van der Waals surface area contributed by atoms with Crippen molar-refractivity contribution in [2.45, 2.75) is 32.6 Å². The Morgan fingerprint density at radius 2 is 2.05 bits per heavy atom. The zero-order valence-corrected chi connectivity index (χ0v) is 12.2. The van der Waals surface area contributed by atoms with Crippen LogP contribution in [0, 0.1) is 13.8 Å². The molecular formula is C14H19NO3S. The van der Waals surface area contributed by atoms with Gasteiger partial charge in [0.2, 0.25) is 5.91 Å². The summed E-state index contributed by atoms with van der Waals surface area (Å²) in [4.78, 5) is 21.9. The molecule has 4 nitrogen and oxygen atoms in total. The molecule has 0 aromatic heterocycles. The number of hydrogen-bond donors (Lipinski definition) is 2. The number of carbonyl (C=O) groups excluding carboxylic acids is 1. The van der Waals surface area contributed by atoms with Gasteiger partial charge in [-0.3, -0.25) is 4.79 Å². The lowest BCUT2D eigenvalue weighted by Crippen LogP contribution is -2.41. The SMILES string of the molecule is CC(=O)NC(CSCc1cc(C)ccc1C)C(=O)O. The van der Waals surface area contributed by atoms with E-state index in [2.05, 4.69) is 23.5 Å². The molecule has 0 aliphatic heterocycles. The Morgan fingerprint density at radius 1 is 1.37 bits per heavy atom. The number of hydrogen-bond acceptors (Lipinski definition) is 3. The van der Waals surface area contributed by atoms with E-state index in [0.717, 1.165) is 5.75 Å². The van der Waals surface area contributed by atoms with Crippen molar-refractivity contribution in [1.82, 2.24) is 5.32 Å². The third-order valence-corrected chi connectivity index (χ3v) is 3.81. The highest BCUT2D eigenvalue weighted by molar-refractivity contribution is 7.98. The van der Waals surface area contributed by atoms with Gasteiger partial charge in [0.15, 0.2) is 0 Å². The second kappa shape index (κ2) is 7.19. The number of rotatable bonds is 6. The minimum atomic E-state index is -0.997. The fourth-order valence-corrected chi connectivity index (χ4v) is 2.77. The summed E-state index contributed by atoms with van der Waals surface area (Å²) in [6, 6.07) is 5.40. The van der Waals surface area contributed by atoms with Crippen LogP contribution < -0.4 is 5.32 Å². The number of aliphatic carboxylic acids is 1. The molecule has 0 aliphatic carbocycles. The predicted molar refractivity (Wildman–Crippen MR) is 77.3 cm³/mol. The molecule has 0 radical (unpaired) electrons. The standard InChI is InChI=1S/C14H19NO3S/c1-9-4-5-10(2)12(6-9)7-19-8-13(14(17)18)15-11(3)16/h4-6,13H,7-8H2,1-3H3,(H,15,16)(H,17,18). The van der Waals surface area contributed by atoms with Crippen LogP contribution in [0.15, 0.2) is 18.2 Å². The molecule has 0 aliphatic rings. The first-order valence-electron chi connectivity index (χ1n) is 6.04. The fraction of sp³-hybridized carbons (Fsp3) is 0.429. The number of benzene rings is 1. The quantitative estimate of drug-likeness (QED) is 0.838. The van der Waals surface area contributed by atoms with Gasteiger partial charge in [0.25, 0.3) is 0 Å². The summed E-state index contributed by atoms with van der Waals surface area (Å²) in [5.41, 5.74) is 3.60. The average Bonchev–Trinajstić information content (AvgIpc) is 2.31. The third-order valence-electron chi connectivity index (χ3n) is 2.72. The van der Waals surface area contributed by atoms with E-state index in [1.807, 2.05) is 13.8 Å². The van der Waals surface area contributed by atoms with E-state index in [-0.39, 0.29) is 5.91 Å². The second-order valence-electron chi connectivity index (χ2n) is 4.54. The maximum Gasteiger partial charge on any atom is 0.327 e. The van der Waals surface area contributed by atoms with Gasteiger partial charge in [0.1, 0.15) is 6.04 Å². The van der Waals surface area contributed by atoms with Gasteiger partial charge < -0.3 is 10.4 Å². The minimum absolute atomic E-state index is 0.320. The summed E-state index contributed by atoms with van der Waals surface area (Å²) in [6.45, 7) is 5.40. The molecule has 1 aromatic carbocycles. The van der Waals surface area contributed by atoms with E-state index in [0.29, 0.717) is 5.75 Å². The molecule has 0 spiro atoms. The molecule has 104 valence electrons. The van der Waals surface area contributed by atoms with Crippen LogP contribution in [0.4, 0.5) is 0 Å². The first-order valence-corrected chi connectivity index (χ1v) is 7.19. The van der Waals surface area contributed by atoms with E-state index < -0.39 is 12.0 Å².